The van der Waals surface area contributed by atoms with E-state index in [2.05, 4.69) is 17.2 Å². The van der Waals surface area contributed by atoms with Crippen LogP contribution >= 0.6 is 0 Å². The van der Waals surface area contributed by atoms with E-state index in [9.17, 15) is 39.2 Å². The first-order valence-corrected chi connectivity index (χ1v) is 13.8. The average molecular weight is 608 g/mol. The van der Waals surface area contributed by atoms with E-state index in [1.54, 1.807) is 39.2 Å². The van der Waals surface area contributed by atoms with Gasteiger partial charge in [0.25, 0.3) is 5.91 Å². The van der Waals surface area contributed by atoms with E-state index in [1.807, 2.05) is 0 Å². The molecule has 2 aromatic rings. The monoisotopic (exact) mass is 607 g/mol. The Hall–Kier alpha value is -4.88. The molecule has 4 unspecified atom stereocenters. The van der Waals surface area contributed by atoms with Gasteiger partial charge in [-0.05, 0) is 68.8 Å². The number of fused-ring (bicyclic) bond motifs is 3. The Labute approximate surface area is 252 Å². The number of hydrogen-bond acceptors (Lipinski definition) is 11. The number of amides is 1. The van der Waals surface area contributed by atoms with Gasteiger partial charge in [0.15, 0.2) is 11.4 Å². The summed E-state index contributed by atoms with van der Waals surface area (Å²) < 4.78 is 13.3. The summed E-state index contributed by atoms with van der Waals surface area (Å²) >= 11 is 0. The highest BCUT2D eigenvalue weighted by molar-refractivity contribution is 6.24. The molecule has 3 aliphatic carbocycles. The van der Waals surface area contributed by atoms with Gasteiger partial charge in [0.05, 0.1) is 17.3 Å². The van der Waals surface area contributed by atoms with Crippen molar-refractivity contribution in [3.8, 4) is 5.75 Å². The van der Waals surface area contributed by atoms with Crippen molar-refractivity contribution < 1.29 is 39.2 Å². The number of primary amides is 1. The van der Waals surface area contributed by atoms with Crippen LogP contribution in [0.4, 0.5) is 21.5 Å². The third-order valence-electron chi connectivity index (χ3n) is 8.60. The lowest BCUT2D eigenvalue weighted by molar-refractivity contribution is -0.153. The van der Waals surface area contributed by atoms with Gasteiger partial charge in [0, 0.05) is 37.0 Å². The van der Waals surface area contributed by atoms with Crippen molar-refractivity contribution in [3.05, 3.63) is 76.6 Å². The second kappa shape index (κ2) is 10.7. The van der Waals surface area contributed by atoms with Gasteiger partial charge < -0.3 is 41.7 Å². The summed E-state index contributed by atoms with van der Waals surface area (Å²) in [6.45, 7) is 3.90. The largest absolute Gasteiger partial charge is 0.508 e. The predicted octanol–water partition coefficient (Wildman–Crippen LogP) is 2.16. The van der Waals surface area contributed by atoms with E-state index in [4.69, 9.17) is 5.73 Å². The van der Waals surface area contributed by atoms with Crippen molar-refractivity contribution in [1.82, 2.24) is 4.90 Å². The van der Waals surface area contributed by atoms with Crippen molar-refractivity contribution in [3.63, 3.8) is 0 Å². The first-order valence-electron chi connectivity index (χ1n) is 13.8. The molecule has 12 nitrogen and oxygen atoms in total. The second-order valence-corrected chi connectivity index (χ2v) is 11.7. The summed E-state index contributed by atoms with van der Waals surface area (Å²) in [6, 6.07) is 6.00. The molecule has 0 radical (unpaired) electrons. The van der Waals surface area contributed by atoms with E-state index in [0.717, 1.165) is 0 Å². The zero-order valence-corrected chi connectivity index (χ0v) is 24.6. The topological polar surface area (TPSA) is 189 Å². The van der Waals surface area contributed by atoms with E-state index in [1.165, 1.54) is 29.2 Å². The molecule has 4 atom stereocenters. The van der Waals surface area contributed by atoms with Crippen molar-refractivity contribution >= 4 is 40.3 Å². The van der Waals surface area contributed by atoms with E-state index < -0.39 is 69.6 Å². The molecule has 232 valence electrons. The van der Waals surface area contributed by atoms with Gasteiger partial charge in [-0.15, -0.1) is 0 Å². The van der Waals surface area contributed by atoms with Gasteiger partial charge in [0.2, 0.25) is 5.78 Å². The normalized spacial score (nSPS) is 24.5. The molecular weight excluding hydrogens is 573 g/mol. The summed E-state index contributed by atoms with van der Waals surface area (Å²) in [5.74, 6) is -7.46. The van der Waals surface area contributed by atoms with Crippen LogP contribution in [0.2, 0.25) is 0 Å². The molecule has 5 rings (SSSR count). The number of aliphatic hydroxyl groups is 3. The number of aliphatic hydroxyl groups excluding tert-OH is 2. The van der Waals surface area contributed by atoms with Crippen molar-refractivity contribution in [2.75, 3.05) is 43.7 Å². The number of hydrogen-bond donors (Lipinski definition) is 7. The third-order valence-corrected chi connectivity index (χ3v) is 8.60. The Bertz CT molecular complexity index is 1680. The standard InChI is InChI=1S/C31H34FN5O7/c1-13(34-16-8-6-15(32)7-9-16)35-19-12-20(36(2)3)17-10-14-11-18-24(37(4)5)27(40)23(30(33)43)29(42)31(18,44)28(41)21(14)26(39)22(17)25(19)38/h6-9,12,14,18,24,34-35,38-39,42,44H,1,10-11H2,2-5H3,(H2,33,43). The van der Waals surface area contributed by atoms with Crippen LogP contribution in [0.25, 0.3) is 5.76 Å². The Morgan fingerprint density at radius 3 is 2.30 bits per heavy atom. The highest BCUT2D eigenvalue weighted by Crippen LogP contribution is 2.54. The maximum absolute atomic E-state index is 14.1. The number of phenolic OH excluding ortho intramolecular Hbond substituents is 1. The van der Waals surface area contributed by atoms with E-state index >= 15 is 0 Å². The third kappa shape index (κ3) is 4.55. The van der Waals surface area contributed by atoms with Crippen LogP contribution in [0.5, 0.6) is 5.75 Å². The first-order chi connectivity index (χ1) is 20.6. The maximum atomic E-state index is 14.1. The lowest BCUT2D eigenvalue weighted by Crippen LogP contribution is -2.65. The SMILES string of the molecule is C=C(Nc1ccc(F)cc1)Nc1cc(N(C)C)c2c(c1O)C(O)=C1C(=O)C3(O)C(O)=C(C(N)=O)C(=O)C(N(C)C)C3CC1C2. The number of nitrogens with one attached hydrogen (secondary N) is 2. The molecule has 44 heavy (non-hydrogen) atoms. The van der Waals surface area contributed by atoms with Gasteiger partial charge in [-0.2, -0.15) is 0 Å². The van der Waals surface area contributed by atoms with Crippen LogP contribution in [-0.2, 0) is 20.8 Å². The summed E-state index contributed by atoms with van der Waals surface area (Å²) in [5, 5.41) is 51.8. The summed E-state index contributed by atoms with van der Waals surface area (Å²) in [6.07, 6.45) is 0.127. The Kier molecular flexibility index (Phi) is 7.42. The molecule has 0 saturated heterocycles. The number of rotatable bonds is 7. The fourth-order valence-electron chi connectivity index (χ4n) is 6.69. The van der Waals surface area contributed by atoms with Gasteiger partial charge in [-0.25, -0.2) is 4.39 Å². The minimum Gasteiger partial charge on any atom is -0.508 e. The Morgan fingerprint density at radius 1 is 1.09 bits per heavy atom. The second-order valence-electron chi connectivity index (χ2n) is 11.7. The number of ketones is 2. The van der Waals surface area contributed by atoms with Crippen molar-refractivity contribution in [1.29, 1.82) is 0 Å². The van der Waals surface area contributed by atoms with Crippen LogP contribution in [0.3, 0.4) is 0 Å². The first kappa shape index (κ1) is 30.6. The number of nitrogens with zero attached hydrogens (tertiary/aromatic N) is 2. The number of phenols is 1. The van der Waals surface area contributed by atoms with Gasteiger partial charge in [-0.1, -0.05) is 6.58 Å². The predicted molar refractivity (Wildman–Crippen MR) is 161 cm³/mol. The van der Waals surface area contributed by atoms with Crippen LogP contribution in [0.15, 0.2) is 59.6 Å². The number of nitrogens with two attached hydrogens (primary N) is 1. The molecule has 13 heteroatoms. The Morgan fingerprint density at radius 2 is 1.73 bits per heavy atom. The number of benzene rings is 2. The van der Waals surface area contributed by atoms with Gasteiger partial charge in [-0.3, -0.25) is 19.3 Å². The fourth-order valence-corrected chi connectivity index (χ4v) is 6.69. The van der Waals surface area contributed by atoms with Crippen LogP contribution < -0.4 is 21.3 Å². The zero-order valence-electron chi connectivity index (χ0n) is 24.6. The molecular formula is C31H34FN5O7. The number of carbonyl (C=O) groups excluding carboxylic acids is 3. The molecule has 3 aliphatic rings. The number of halogens is 1. The van der Waals surface area contributed by atoms with E-state index in [-0.39, 0.29) is 35.5 Å². The molecule has 1 amide bonds. The fraction of sp³-hybridized carbons (Fsp3) is 0.323. The number of Topliss-reactive ketones (excluding diaryl/α,β-unsaturated/α-hetero) is 2. The lowest BCUT2D eigenvalue weighted by atomic mass is 9.57. The Balaban J connectivity index is 1.63. The smallest absolute Gasteiger partial charge is 0.255 e. The number of carbonyl (C=O) groups is 3. The van der Waals surface area contributed by atoms with Gasteiger partial charge >= 0.3 is 0 Å². The maximum Gasteiger partial charge on any atom is 0.255 e. The van der Waals surface area contributed by atoms with Crippen molar-refractivity contribution in [2.45, 2.75) is 24.5 Å². The zero-order chi connectivity index (χ0) is 32.4. The summed E-state index contributed by atoms with van der Waals surface area (Å²) in [5.41, 5.74) is 3.21. The highest BCUT2D eigenvalue weighted by atomic mass is 19.1. The van der Waals surface area contributed by atoms with Gasteiger partial charge in [0.1, 0.15) is 34.5 Å². The minimum absolute atomic E-state index is 0.0161. The van der Waals surface area contributed by atoms with Crippen LogP contribution in [-0.4, -0.2) is 82.6 Å². The number of anilines is 3. The van der Waals surface area contributed by atoms with Crippen molar-refractivity contribution in [2.24, 2.45) is 17.6 Å². The minimum atomic E-state index is -2.73. The molecule has 0 spiro atoms. The quantitative estimate of drug-likeness (QED) is 0.180. The molecule has 0 aromatic heterocycles. The number of likely N-dealkylation sites (N-methyl/N-ethyl adjacent to an activating group) is 1. The number of aromatic hydroxyl groups is 1. The molecule has 2 aromatic carbocycles. The lowest BCUT2D eigenvalue weighted by Gasteiger charge is -2.50. The summed E-state index contributed by atoms with van der Waals surface area (Å²) in [4.78, 5) is 42.8. The van der Waals surface area contributed by atoms with E-state index in [0.29, 0.717) is 16.9 Å². The molecule has 0 heterocycles. The molecule has 1 saturated carbocycles. The highest BCUT2D eigenvalue weighted by Gasteiger charge is 2.64. The average Bonchev–Trinajstić information content (AvgIpc) is 2.93. The molecule has 0 aliphatic heterocycles. The summed E-state index contributed by atoms with van der Waals surface area (Å²) in [7, 11) is 6.62. The molecule has 1 fully saturated rings. The van der Waals surface area contributed by atoms with Crippen LogP contribution in [0, 0.1) is 17.7 Å². The molecule has 8 N–H and O–H groups in total. The molecule has 0 bridgehead atoms. The van der Waals surface area contributed by atoms with Crippen LogP contribution in [0.1, 0.15) is 17.5 Å².